The summed E-state index contributed by atoms with van der Waals surface area (Å²) in [6.07, 6.45) is 3.62. The van der Waals surface area contributed by atoms with Crippen LogP contribution in [0.2, 0.25) is 0 Å². The molecule has 2 heterocycles. The van der Waals surface area contributed by atoms with Crippen LogP contribution in [0.25, 0.3) is 0 Å². The van der Waals surface area contributed by atoms with Gasteiger partial charge in [0.25, 0.3) is 5.91 Å². The molecule has 6 nitrogen and oxygen atoms in total. The van der Waals surface area contributed by atoms with E-state index in [1.54, 1.807) is 4.90 Å². The molecule has 2 rings (SSSR count). The van der Waals surface area contributed by atoms with Gasteiger partial charge in [0.1, 0.15) is 5.70 Å². The lowest BCUT2D eigenvalue weighted by Crippen LogP contribution is -2.54. The Hall–Kier alpha value is -1.27. The predicted molar refractivity (Wildman–Crippen MR) is 56.1 cm³/mol. The zero-order chi connectivity index (χ0) is 10.8. The molecular formula is C9H17N5O. The summed E-state index contributed by atoms with van der Waals surface area (Å²) in [6, 6.07) is 0.873. The van der Waals surface area contributed by atoms with Gasteiger partial charge in [-0.05, 0) is 12.8 Å². The van der Waals surface area contributed by atoms with E-state index in [0.717, 1.165) is 25.9 Å². The summed E-state index contributed by atoms with van der Waals surface area (Å²) in [5, 5.41) is 3.45. The number of rotatable bonds is 2. The number of nitrogens with zero attached hydrogens (tertiary/aromatic N) is 1. The number of amides is 1. The lowest BCUT2D eigenvalue weighted by Gasteiger charge is -2.32. The Bertz CT molecular complexity index is 278. The standard InChI is InChI=1S/C9H17N5O/c10-8(3-12-11)9(15)14-4-6-1-2-7(5-14)13-6/h3,6-7,12-13H,1-2,4-5,10-11H2/b8-3-. The molecule has 0 aromatic heterocycles. The van der Waals surface area contributed by atoms with Crippen LogP contribution in [0.5, 0.6) is 0 Å². The smallest absolute Gasteiger partial charge is 0.271 e. The number of piperazine rings is 1. The first-order chi connectivity index (χ1) is 7.20. The van der Waals surface area contributed by atoms with Crippen LogP contribution in [0, 0.1) is 0 Å². The summed E-state index contributed by atoms with van der Waals surface area (Å²) in [4.78, 5) is 13.6. The van der Waals surface area contributed by atoms with E-state index in [0.29, 0.717) is 12.1 Å². The third kappa shape index (κ3) is 2.05. The lowest BCUT2D eigenvalue weighted by molar-refractivity contribution is -0.128. The van der Waals surface area contributed by atoms with Gasteiger partial charge in [0, 0.05) is 31.4 Å². The van der Waals surface area contributed by atoms with Crippen molar-refractivity contribution in [3.63, 3.8) is 0 Å². The van der Waals surface area contributed by atoms with Crippen molar-refractivity contribution in [1.82, 2.24) is 15.6 Å². The second-order valence-corrected chi connectivity index (χ2v) is 4.11. The molecule has 6 heteroatoms. The Morgan fingerprint density at radius 1 is 1.40 bits per heavy atom. The Kier molecular flexibility index (Phi) is 2.79. The molecule has 2 unspecified atom stereocenters. The Morgan fingerprint density at radius 2 is 2.00 bits per heavy atom. The second-order valence-electron chi connectivity index (χ2n) is 4.11. The highest BCUT2D eigenvalue weighted by Gasteiger charge is 2.34. The number of hydrogen-bond acceptors (Lipinski definition) is 5. The average Bonchev–Trinajstić information content (AvgIpc) is 2.57. The fourth-order valence-electron chi connectivity index (χ4n) is 2.30. The molecule has 2 aliphatic rings. The van der Waals surface area contributed by atoms with Crippen molar-refractivity contribution in [2.45, 2.75) is 24.9 Å². The molecule has 0 aromatic carbocycles. The van der Waals surface area contributed by atoms with E-state index in [1.165, 1.54) is 6.20 Å². The molecule has 6 N–H and O–H groups in total. The second kappa shape index (κ2) is 4.08. The van der Waals surface area contributed by atoms with Gasteiger partial charge in [-0.15, -0.1) is 0 Å². The van der Waals surface area contributed by atoms with Crippen molar-refractivity contribution in [2.75, 3.05) is 13.1 Å². The van der Waals surface area contributed by atoms with Gasteiger partial charge in [-0.1, -0.05) is 0 Å². The highest BCUT2D eigenvalue weighted by Crippen LogP contribution is 2.20. The maximum Gasteiger partial charge on any atom is 0.271 e. The summed E-state index contributed by atoms with van der Waals surface area (Å²) in [5.41, 5.74) is 8.02. The van der Waals surface area contributed by atoms with Gasteiger partial charge in [0.05, 0.1) is 0 Å². The van der Waals surface area contributed by atoms with Crippen molar-refractivity contribution in [3.05, 3.63) is 11.9 Å². The molecule has 0 saturated carbocycles. The van der Waals surface area contributed by atoms with Crippen LogP contribution in [-0.2, 0) is 4.79 Å². The number of nitrogens with two attached hydrogens (primary N) is 2. The molecule has 84 valence electrons. The molecule has 15 heavy (non-hydrogen) atoms. The van der Waals surface area contributed by atoms with E-state index < -0.39 is 0 Å². The quantitative estimate of drug-likeness (QED) is 0.246. The van der Waals surface area contributed by atoms with Crippen LogP contribution in [-0.4, -0.2) is 36.0 Å². The van der Waals surface area contributed by atoms with Crippen molar-refractivity contribution in [2.24, 2.45) is 11.6 Å². The van der Waals surface area contributed by atoms with E-state index >= 15 is 0 Å². The number of likely N-dealkylation sites (tertiary alicyclic amines) is 1. The maximum atomic E-state index is 11.8. The Morgan fingerprint density at radius 3 is 2.53 bits per heavy atom. The molecule has 2 fully saturated rings. The van der Waals surface area contributed by atoms with Crippen LogP contribution >= 0.6 is 0 Å². The Labute approximate surface area is 88.6 Å². The zero-order valence-electron chi connectivity index (χ0n) is 8.57. The normalized spacial score (nSPS) is 30.5. The minimum atomic E-state index is -0.133. The molecule has 2 aliphatic heterocycles. The molecule has 1 amide bonds. The summed E-state index contributed by atoms with van der Waals surface area (Å²) in [7, 11) is 0. The molecule has 0 aromatic rings. The van der Waals surface area contributed by atoms with Gasteiger partial charge >= 0.3 is 0 Å². The van der Waals surface area contributed by atoms with Crippen LogP contribution < -0.4 is 22.3 Å². The monoisotopic (exact) mass is 211 g/mol. The summed E-state index contributed by atoms with van der Waals surface area (Å²) < 4.78 is 0. The minimum absolute atomic E-state index is 0.133. The van der Waals surface area contributed by atoms with Gasteiger partial charge < -0.3 is 21.4 Å². The first-order valence-electron chi connectivity index (χ1n) is 5.18. The summed E-state index contributed by atoms with van der Waals surface area (Å²) in [6.45, 7) is 1.49. The van der Waals surface area contributed by atoms with E-state index in [4.69, 9.17) is 11.6 Å². The number of fused-ring (bicyclic) bond motifs is 2. The highest BCUT2D eigenvalue weighted by atomic mass is 16.2. The fourth-order valence-corrected chi connectivity index (χ4v) is 2.30. The van der Waals surface area contributed by atoms with Crippen LogP contribution in [0.3, 0.4) is 0 Å². The van der Waals surface area contributed by atoms with Crippen molar-refractivity contribution in [3.8, 4) is 0 Å². The molecular weight excluding hydrogens is 194 g/mol. The Balaban J connectivity index is 1.99. The summed E-state index contributed by atoms with van der Waals surface area (Å²) in [5.74, 6) is 4.94. The van der Waals surface area contributed by atoms with Gasteiger partial charge in [0.15, 0.2) is 0 Å². The first kappa shape index (κ1) is 10.3. The third-order valence-corrected chi connectivity index (χ3v) is 2.99. The third-order valence-electron chi connectivity index (χ3n) is 2.99. The van der Waals surface area contributed by atoms with E-state index in [9.17, 15) is 4.79 Å². The van der Waals surface area contributed by atoms with Crippen molar-refractivity contribution < 1.29 is 4.79 Å². The molecule has 0 radical (unpaired) electrons. The van der Waals surface area contributed by atoms with Crippen LogP contribution in [0.1, 0.15) is 12.8 Å². The SMILES string of the molecule is NN/C=C(\N)C(=O)N1CC2CCC(C1)N2. The topological polar surface area (TPSA) is 96.4 Å². The fraction of sp³-hybridized carbons (Fsp3) is 0.667. The minimum Gasteiger partial charge on any atom is -0.393 e. The van der Waals surface area contributed by atoms with Crippen molar-refractivity contribution >= 4 is 5.91 Å². The summed E-state index contributed by atoms with van der Waals surface area (Å²) >= 11 is 0. The van der Waals surface area contributed by atoms with Gasteiger partial charge in [-0.2, -0.15) is 0 Å². The first-order valence-corrected chi connectivity index (χ1v) is 5.18. The van der Waals surface area contributed by atoms with Crippen LogP contribution in [0.15, 0.2) is 11.9 Å². The van der Waals surface area contributed by atoms with Gasteiger partial charge in [-0.3, -0.25) is 10.6 Å². The molecule has 0 spiro atoms. The van der Waals surface area contributed by atoms with E-state index in [-0.39, 0.29) is 11.6 Å². The number of carbonyl (C=O) groups is 1. The highest BCUT2D eigenvalue weighted by molar-refractivity contribution is 5.92. The van der Waals surface area contributed by atoms with Crippen molar-refractivity contribution in [1.29, 1.82) is 0 Å². The zero-order valence-corrected chi connectivity index (χ0v) is 8.57. The predicted octanol–water partition coefficient (Wildman–Crippen LogP) is -1.79. The van der Waals surface area contributed by atoms with Crippen LogP contribution in [0.4, 0.5) is 0 Å². The lowest BCUT2D eigenvalue weighted by atomic mass is 10.2. The number of nitrogens with one attached hydrogen (secondary N) is 2. The van der Waals surface area contributed by atoms with E-state index in [2.05, 4.69) is 10.7 Å². The van der Waals surface area contributed by atoms with Gasteiger partial charge in [0.2, 0.25) is 0 Å². The largest absolute Gasteiger partial charge is 0.393 e. The number of hydrogen-bond donors (Lipinski definition) is 4. The molecule has 2 atom stereocenters. The van der Waals surface area contributed by atoms with Gasteiger partial charge in [-0.25, -0.2) is 0 Å². The number of hydrazine groups is 1. The number of carbonyl (C=O) groups excluding carboxylic acids is 1. The molecule has 0 aliphatic carbocycles. The average molecular weight is 211 g/mol. The molecule has 2 saturated heterocycles. The maximum absolute atomic E-state index is 11.8. The van der Waals surface area contributed by atoms with E-state index in [1.807, 2.05) is 0 Å². The molecule has 2 bridgehead atoms.